The van der Waals surface area contributed by atoms with E-state index in [0.717, 1.165) is 24.0 Å². The van der Waals surface area contributed by atoms with Crippen LogP contribution in [0.5, 0.6) is 0 Å². The summed E-state index contributed by atoms with van der Waals surface area (Å²) in [6, 6.07) is 7.73. The minimum atomic E-state index is -4.43. The number of hydrogen-bond donors (Lipinski definition) is 2. The van der Waals surface area contributed by atoms with Crippen molar-refractivity contribution >= 4 is 31.6 Å². The number of nitrogens with two attached hydrogens (primary N) is 1. The minimum Gasteiger partial charge on any atom is -0.368 e. The van der Waals surface area contributed by atoms with Crippen molar-refractivity contribution in [2.45, 2.75) is 36.3 Å². The number of aromatic nitrogens is 1. The SMILES string of the molecule is CCC[C@H](C(N)=O)S(=O)(=O)N(C)c1ccc(Cc2cccnc2)cc1S(=O)(=O)N(C)O. The van der Waals surface area contributed by atoms with E-state index in [1.54, 1.807) is 31.5 Å². The van der Waals surface area contributed by atoms with Crippen LogP contribution in [-0.2, 0) is 31.3 Å². The molecule has 0 aliphatic heterocycles. The summed E-state index contributed by atoms with van der Waals surface area (Å²) in [4.78, 5) is 15.4. The fourth-order valence-corrected chi connectivity index (χ4v) is 5.80. The van der Waals surface area contributed by atoms with Crippen LogP contribution < -0.4 is 10.0 Å². The molecule has 1 amide bonds. The topological polar surface area (TPSA) is 151 Å². The average molecular weight is 471 g/mol. The first-order valence-electron chi connectivity index (χ1n) is 9.39. The molecular formula is C19H26N4O6S2. The molecule has 2 aromatic rings. The maximum Gasteiger partial charge on any atom is 0.266 e. The summed E-state index contributed by atoms with van der Waals surface area (Å²) in [5.41, 5.74) is 6.45. The molecule has 0 spiro atoms. The van der Waals surface area contributed by atoms with E-state index in [2.05, 4.69) is 4.98 Å². The highest BCUT2D eigenvalue weighted by atomic mass is 32.2. The normalized spacial score (nSPS) is 13.2. The van der Waals surface area contributed by atoms with Gasteiger partial charge in [0.05, 0.1) is 5.69 Å². The van der Waals surface area contributed by atoms with E-state index in [1.807, 2.05) is 6.07 Å². The molecule has 1 aromatic heterocycles. The quantitative estimate of drug-likeness (QED) is 0.493. The summed E-state index contributed by atoms with van der Waals surface area (Å²) >= 11 is 0. The Morgan fingerprint density at radius 3 is 2.35 bits per heavy atom. The highest BCUT2D eigenvalue weighted by molar-refractivity contribution is 7.94. The van der Waals surface area contributed by atoms with Gasteiger partial charge in [-0.25, -0.2) is 16.8 Å². The second-order valence-electron chi connectivity index (χ2n) is 6.97. The molecule has 1 aromatic carbocycles. The zero-order chi connectivity index (χ0) is 23.4. The van der Waals surface area contributed by atoms with Crippen molar-refractivity contribution in [3.63, 3.8) is 0 Å². The molecule has 31 heavy (non-hydrogen) atoms. The van der Waals surface area contributed by atoms with E-state index in [0.29, 0.717) is 18.4 Å². The molecule has 2 rings (SSSR count). The van der Waals surface area contributed by atoms with Gasteiger partial charge in [0.2, 0.25) is 15.9 Å². The van der Waals surface area contributed by atoms with Crippen molar-refractivity contribution in [1.29, 1.82) is 0 Å². The van der Waals surface area contributed by atoms with Crippen LogP contribution in [0.3, 0.4) is 0 Å². The van der Waals surface area contributed by atoms with Gasteiger partial charge < -0.3 is 5.73 Å². The lowest BCUT2D eigenvalue weighted by molar-refractivity contribution is -0.117. The van der Waals surface area contributed by atoms with Gasteiger partial charge in [-0.1, -0.05) is 29.9 Å². The lowest BCUT2D eigenvalue weighted by Gasteiger charge is -2.26. The first-order chi connectivity index (χ1) is 14.4. The van der Waals surface area contributed by atoms with Crippen LogP contribution in [0.1, 0.15) is 30.9 Å². The molecule has 0 bridgehead atoms. The first kappa shape index (κ1) is 24.7. The Bertz CT molecular complexity index is 1140. The Kier molecular flexibility index (Phi) is 7.76. The monoisotopic (exact) mass is 470 g/mol. The third-order valence-electron chi connectivity index (χ3n) is 4.73. The molecule has 0 aliphatic rings. The largest absolute Gasteiger partial charge is 0.368 e. The van der Waals surface area contributed by atoms with Crippen LogP contribution in [0, 0.1) is 0 Å². The molecule has 3 N–H and O–H groups in total. The molecule has 0 aliphatic carbocycles. The van der Waals surface area contributed by atoms with Gasteiger partial charge in [-0.3, -0.25) is 19.3 Å². The van der Waals surface area contributed by atoms with Gasteiger partial charge in [0.25, 0.3) is 10.0 Å². The maximum atomic E-state index is 13.0. The van der Waals surface area contributed by atoms with Gasteiger partial charge in [0, 0.05) is 26.5 Å². The molecule has 10 nitrogen and oxygen atoms in total. The van der Waals surface area contributed by atoms with Gasteiger partial charge in [-0.2, -0.15) is 0 Å². The van der Waals surface area contributed by atoms with Crippen molar-refractivity contribution < 1.29 is 26.8 Å². The first-order valence-corrected chi connectivity index (χ1v) is 12.3. The van der Waals surface area contributed by atoms with Crippen molar-refractivity contribution in [3.8, 4) is 0 Å². The Morgan fingerprint density at radius 1 is 1.16 bits per heavy atom. The predicted octanol–water partition coefficient (Wildman–Crippen LogP) is 1.10. The Hall–Kier alpha value is -2.54. The summed E-state index contributed by atoms with van der Waals surface area (Å²) in [5.74, 6) is -1.02. The van der Waals surface area contributed by atoms with Crippen molar-refractivity contribution in [2.24, 2.45) is 5.73 Å². The fraction of sp³-hybridized carbons (Fsp3) is 0.368. The van der Waals surface area contributed by atoms with Crippen molar-refractivity contribution in [1.82, 2.24) is 9.45 Å². The van der Waals surface area contributed by atoms with Gasteiger partial charge >= 0.3 is 0 Å². The number of anilines is 1. The molecule has 170 valence electrons. The number of carbonyl (C=O) groups excluding carboxylic acids is 1. The summed E-state index contributed by atoms with van der Waals surface area (Å²) in [6.07, 6.45) is 3.94. The molecule has 0 radical (unpaired) electrons. The van der Waals surface area contributed by atoms with Crippen LogP contribution in [0.2, 0.25) is 0 Å². The lowest BCUT2D eigenvalue weighted by atomic mass is 10.1. The summed E-state index contributed by atoms with van der Waals surface area (Å²) < 4.78 is 52.3. The lowest BCUT2D eigenvalue weighted by Crippen LogP contribution is -2.44. The number of nitrogens with zero attached hydrogens (tertiary/aromatic N) is 3. The number of carbonyl (C=O) groups is 1. The standard InChI is InChI=1S/C19H26N4O6S2/c1-4-6-17(19(20)24)30(26,27)22(2)16-9-8-14(11-15-7-5-10-21-13-15)12-18(16)31(28,29)23(3)25/h5,7-10,12-13,17,25H,4,6,11H2,1-3H3,(H2,20,24)/t17-/m1/s1. The number of amides is 1. The Labute approximate surface area is 182 Å². The average Bonchev–Trinajstić information content (AvgIpc) is 2.71. The van der Waals surface area contributed by atoms with Gasteiger partial charge in [0.1, 0.15) is 4.90 Å². The fourth-order valence-electron chi connectivity index (χ4n) is 3.04. The van der Waals surface area contributed by atoms with Crippen molar-refractivity contribution in [2.75, 3.05) is 18.4 Å². The van der Waals surface area contributed by atoms with Crippen LogP contribution in [0.15, 0.2) is 47.6 Å². The van der Waals surface area contributed by atoms with E-state index in [4.69, 9.17) is 5.73 Å². The van der Waals surface area contributed by atoms with Crippen LogP contribution >= 0.6 is 0 Å². The third kappa shape index (κ3) is 5.39. The molecule has 1 heterocycles. The van der Waals surface area contributed by atoms with Gasteiger partial charge in [-0.05, 0) is 42.2 Å². The molecule has 12 heteroatoms. The summed E-state index contributed by atoms with van der Waals surface area (Å²) in [6.45, 7) is 1.70. The van der Waals surface area contributed by atoms with E-state index in [9.17, 15) is 26.8 Å². The molecule has 0 saturated heterocycles. The second kappa shape index (κ2) is 9.73. The molecule has 0 saturated carbocycles. The number of sulfonamides is 2. The maximum absolute atomic E-state index is 13.0. The van der Waals surface area contributed by atoms with E-state index >= 15 is 0 Å². The number of hydroxylamine groups is 1. The smallest absolute Gasteiger partial charge is 0.266 e. The van der Waals surface area contributed by atoms with Gasteiger partial charge in [0.15, 0.2) is 5.25 Å². The van der Waals surface area contributed by atoms with Crippen LogP contribution in [-0.4, -0.2) is 56.7 Å². The molecule has 1 atom stereocenters. The van der Waals surface area contributed by atoms with Gasteiger partial charge in [-0.15, -0.1) is 0 Å². The number of rotatable bonds is 10. The van der Waals surface area contributed by atoms with Crippen LogP contribution in [0.4, 0.5) is 5.69 Å². The highest BCUT2D eigenvalue weighted by Crippen LogP contribution is 2.31. The number of benzene rings is 1. The van der Waals surface area contributed by atoms with Crippen molar-refractivity contribution in [3.05, 3.63) is 53.9 Å². The van der Waals surface area contributed by atoms with E-state index in [-0.39, 0.29) is 16.6 Å². The number of pyridine rings is 1. The zero-order valence-corrected chi connectivity index (χ0v) is 19.1. The third-order valence-corrected chi connectivity index (χ3v) is 8.46. The number of primary amides is 1. The van der Waals surface area contributed by atoms with E-state index in [1.165, 1.54) is 12.1 Å². The van der Waals surface area contributed by atoms with Crippen LogP contribution in [0.25, 0.3) is 0 Å². The molecule has 0 unspecified atom stereocenters. The zero-order valence-electron chi connectivity index (χ0n) is 17.5. The van der Waals surface area contributed by atoms with E-state index < -0.39 is 36.1 Å². The minimum absolute atomic E-state index is 0.0108. The second-order valence-corrected chi connectivity index (χ2v) is 11.0. The summed E-state index contributed by atoms with van der Waals surface area (Å²) in [7, 11) is -6.68. The summed E-state index contributed by atoms with van der Waals surface area (Å²) in [5, 5.41) is 8.18. The predicted molar refractivity (Wildman–Crippen MR) is 115 cm³/mol. The molecular weight excluding hydrogens is 444 g/mol. The molecule has 0 fully saturated rings. The number of hydrogen-bond acceptors (Lipinski definition) is 7. The highest BCUT2D eigenvalue weighted by Gasteiger charge is 2.36. The Morgan fingerprint density at radius 2 is 1.84 bits per heavy atom. The Balaban J connectivity index is 2.62.